The van der Waals surface area contributed by atoms with Crippen molar-refractivity contribution in [2.24, 2.45) is 0 Å². The highest BCUT2D eigenvalue weighted by Crippen LogP contribution is 2.43. The molecule has 2 aliphatic rings. The van der Waals surface area contributed by atoms with Crippen molar-refractivity contribution in [3.8, 4) is 0 Å². The molecule has 2 saturated heterocycles. The highest BCUT2D eigenvalue weighted by molar-refractivity contribution is 7.88. The van der Waals surface area contributed by atoms with Crippen molar-refractivity contribution in [3.05, 3.63) is 70.0 Å². The fraction of sp³-hybridized carbons (Fsp3) is 0.533. The van der Waals surface area contributed by atoms with Gasteiger partial charge < -0.3 is 15.1 Å². The Morgan fingerprint density at radius 3 is 1.91 bits per heavy atom. The summed E-state index contributed by atoms with van der Waals surface area (Å²) in [5.74, 6) is -2.88. The Kier molecular flexibility index (Phi) is 9.36. The molecule has 2 aliphatic heterocycles. The van der Waals surface area contributed by atoms with E-state index in [0.717, 1.165) is 11.2 Å². The van der Waals surface area contributed by atoms with Crippen molar-refractivity contribution in [3.63, 3.8) is 0 Å². The standard InChI is InChI=1S/C30H35F7N4O4S/c1-18-12-22(31)6-7-23(18)24-16-38-17-28(24,26(43)40-8-10-41(11-9-40)46(5,44)45)39(4)25(42)27(2,3)19-13-20(29(32,33)34)15-21(14-19)30(35,36)37/h6-7,12-15,24,38H,8-11,16-17H2,1-5H3/t24-,28+/m0/s1. The number of amides is 2. The zero-order valence-corrected chi connectivity index (χ0v) is 26.6. The third-order valence-corrected chi connectivity index (χ3v) is 10.3. The summed E-state index contributed by atoms with van der Waals surface area (Å²) < 4.78 is 122. The average molecular weight is 681 g/mol. The van der Waals surface area contributed by atoms with Gasteiger partial charge in [-0.05, 0) is 67.8 Å². The summed E-state index contributed by atoms with van der Waals surface area (Å²) in [6.45, 7) is 3.85. The normalized spacial score (nSPS) is 21.8. The van der Waals surface area contributed by atoms with Crippen LogP contribution in [0.3, 0.4) is 0 Å². The first-order chi connectivity index (χ1) is 21.0. The second-order valence-electron chi connectivity index (χ2n) is 12.3. The van der Waals surface area contributed by atoms with Gasteiger partial charge in [0.2, 0.25) is 15.9 Å². The Balaban J connectivity index is 1.84. The fourth-order valence-corrected chi connectivity index (χ4v) is 7.18. The number of rotatable bonds is 6. The van der Waals surface area contributed by atoms with Gasteiger partial charge in [0.1, 0.15) is 11.4 Å². The number of benzene rings is 2. The van der Waals surface area contributed by atoms with Crippen LogP contribution in [-0.4, -0.2) is 92.4 Å². The largest absolute Gasteiger partial charge is 0.416 e. The number of sulfonamides is 1. The molecule has 4 rings (SSSR count). The van der Waals surface area contributed by atoms with E-state index in [4.69, 9.17) is 0 Å². The minimum atomic E-state index is -5.15. The van der Waals surface area contributed by atoms with Crippen LogP contribution in [0.1, 0.15) is 47.6 Å². The van der Waals surface area contributed by atoms with Crippen LogP contribution in [0.25, 0.3) is 0 Å². The summed E-state index contributed by atoms with van der Waals surface area (Å²) in [5.41, 5.74) is -6.53. The molecule has 2 atom stereocenters. The Morgan fingerprint density at radius 2 is 1.43 bits per heavy atom. The molecular formula is C30H35F7N4O4S. The highest BCUT2D eigenvalue weighted by Gasteiger charge is 2.58. The number of halogens is 7. The van der Waals surface area contributed by atoms with E-state index < -0.39 is 73.6 Å². The van der Waals surface area contributed by atoms with Crippen LogP contribution < -0.4 is 5.32 Å². The maximum atomic E-state index is 14.6. The van der Waals surface area contributed by atoms with E-state index in [1.165, 1.54) is 48.3 Å². The molecule has 0 spiro atoms. The maximum Gasteiger partial charge on any atom is 0.416 e. The molecule has 0 unspecified atom stereocenters. The van der Waals surface area contributed by atoms with Gasteiger partial charge in [0.15, 0.2) is 0 Å². The summed E-state index contributed by atoms with van der Waals surface area (Å²) in [4.78, 5) is 31.4. The number of likely N-dealkylation sites (N-methyl/N-ethyl adjacent to an activating group) is 1. The predicted molar refractivity (Wildman–Crippen MR) is 155 cm³/mol. The number of alkyl halides is 6. The number of aryl methyl sites for hydroxylation is 1. The fourth-order valence-electron chi connectivity index (χ4n) is 6.35. The van der Waals surface area contributed by atoms with Crippen LogP contribution in [0, 0.1) is 12.7 Å². The van der Waals surface area contributed by atoms with Crippen molar-refractivity contribution < 1.29 is 48.7 Å². The first-order valence-electron chi connectivity index (χ1n) is 14.3. The molecule has 46 heavy (non-hydrogen) atoms. The number of carbonyl (C=O) groups is 2. The van der Waals surface area contributed by atoms with Crippen molar-refractivity contribution in [2.45, 2.75) is 50.0 Å². The molecule has 0 saturated carbocycles. The van der Waals surface area contributed by atoms with E-state index in [-0.39, 0.29) is 45.3 Å². The number of hydrogen-bond acceptors (Lipinski definition) is 5. The quantitative estimate of drug-likeness (QED) is 0.464. The first kappa shape index (κ1) is 35.6. The molecule has 2 amide bonds. The topological polar surface area (TPSA) is 90.0 Å². The van der Waals surface area contributed by atoms with Crippen LogP contribution in [0.5, 0.6) is 0 Å². The first-order valence-corrected chi connectivity index (χ1v) is 16.2. The predicted octanol–water partition coefficient (Wildman–Crippen LogP) is 4.14. The average Bonchev–Trinajstić information content (AvgIpc) is 3.40. The van der Waals surface area contributed by atoms with Gasteiger partial charge in [0.05, 0.1) is 22.8 Å². The Morgan fingerprint density at radius 1 is 0.913 bits per heavy atom. The number of piperazine rings is 1. The maximum absolute atomic E-state index is 14.6. The number of nitrogens with zero attached hydrogens (tertiary/aromatic N) is 3. The Bertz CT molecular complexity index is 1590. The van der Waals surface area contributed by atoms with E-state index in [2.05, 4.69) is 5.32 Å². The van der Waals surface area contributed by atoms with Crippen molar-refractivity contribution in [1.82, 2.24) is 19.4 Å². The number of nitrogens with one attached hydrogen (secondary N) is 1. The van der Waals surface area contributed by atoms with Crippen LogP contribution in [0.4, 0.5) is 30.7 Å². The second kappa shape index (κ2) is 12.1. The van der Waals surface area contributed by atoms with Crippen molar-refractivity contribution >= 4 is 21.8 Å². The Hall–Kier alpha value is -3.24. The monoisotopic (exact) mass is 680 g/mol. The summed E-state index contributed by atoms with van der Waals surface area (Å²) in [7, 11) is -2.29. The van der Waals surface area contributed by atoms with Gasteiger partial charge in [0.25, 0.3) is 5.91 Å². The van der Waals surface area contributed by atoms with Gasteiger partial charge in [-0.15, -0.1) is 0 Å². The molecule has 0 radical (unpaired) electrons. The minimum absolute atomic E-state index is 0.0246. The molecular weight excluding hydrogens is 645 g/mol. The van der Waals surface area contributed by atoms with E-state index in [1.54, 1.807) is 6.92 Å². The lowest BCUT2D eigenvalue weighted by Crippen LogP contribution is -2.67. The molecule has 0 bridgehead atoms. The van der Waals surface area contributed by atoms with E-state index in [9.17, 15) is 48.7 Å². The van der Waals surface area contributed by atoms with E-state index in [0.29, 0.717) is 23.3 Å². The smallest absolute Gasteiger partial charge is 0.338 e. The highest BCUT2D eigenvalue weighted by atomic mass is 32.2. The lowest BCUT2D eigenvalue weighted by molar-refractivity contribution is -0.156. The second-order valence-corrected chi connectivity index (χ2v) is 14.3. The lowest BCUT2D eigenvalue weighted by Gasteiger charge is -2.48. The lowest BCUT2D eigenvalue weighted by atomic mass is 9.75. The van der Waals surface area contributed by atoms with Gasteiger partial charge in [-0.3, -0.25) is 9.59 Å². The SMILES string of the molecule is Cc1cc(F)ccc1[C@@H]1CNC[C@@]1(C(=O)N1CCN(S(C)(=O)=O)CC1)N(C)C(=O)C(C)(C)c1cc(C(F)(F)F)cc(C(F)(F)F)c1. The van der Waals surface area contributed by atoms with Crippen molar-refractivity contribution in [2.75, 3.05) is 52.6 Å². The summed E-state index contributed by atoms with van der Waals surface area (Å²) in [6.07, 6.45) is -9.26. The van der Waals surface area contributed by atoms with Crippen molar-refractivity contribution in [1.29, 1.82) is 0 Å². The van der Waals surface area contributed by atoms with Crippen LogP contribution in [0.2, 0.25) is 0 Å². The third kappa shape index (κ3) is 6.61. The van der Waals surface area contributed by atoms with E-state index >= 15 is 0 Å². The van der Waals surface area contributed by atoms with E-state index in [1.807, 2.05) is 0 Å². The van der Waals surface area contributed by atoms with Gasteiger partial charge >= 0.3 is 12.4 Å². The summed E-state index contributed by atoms with van der Waals surface area (Å²) >= 11 is 0. The van der Waals surface area contributed by atoms with Gasteiger partial charge in [0, 0.05) is 52.2 Å². The summed E-state index contributed by atoms with van der Waals surface area (Å²) in [5, 5.41) is 3.10. The van der Waals surface area contributed by atoms with Gasteiger partial charge in [-0.1, -0.05) is 6.07 Å². The molecule has 2 fully saturated rings. The molecule has 16 heteroatoms. The Labute approximate surface area is 262 Å². The molecule has 2 aromatic rings. The minimum Gasteiger partial charge on any atom is -0.338 e. The molecule has 1 N–H and O–H groups in total. The zero-order chi connectivity index (χ0) is 34.6. The molecule has 0 aliphatic carbocycles. The van der Waals surface area contributed by atoms with Crippen LogP contribution >= 0.6 is 0 Å². The summed E-state index contributed by atoms with van der Waals surface area (Å²) in [6, 6.07) is 4.87. The molecule has 8 nitrogen and oxygen atoms in total. The molecule has 2 heterocycles. The number of carbonyl (C=O) groups excluding carboxylic acids is 2. The molecule has 0 aromatic heterocycles. The van der Waals surface area contributed by atoms with Crippen LogP contribution in [-0.2, 0) is 37.4 Å². The van der Waals surface area contributed by atoms with Gasteiger partial charge in [-0.2, -0.15) is 30.6 Å². The number of hydrogen-bond donors (Lipinski definition) is 1. The zero-order valence-electron chi connectivity index (χ0n) is 25.8. The molecule has 2 aromatic carbocycles. The third-order valence-electron chi connectivity index (χ3n) is 9.04. The van der Waals surface area contributed by atoms with Crippen LogP contribution in [0.15, 0.2) is 36.4 Å². The van der Waals surface area contributed by atoms with Gasteiger partial charge in [-0.25, -0.2) is 12.8 Å². The molecule has 254 valence electrons.